The van der Waals surface area contributed by atoms with Crippen LogP contribution in [0.2, 0.25) is 5.02 Å². The number of hydrogen-bond donors (Lipinski definition) is 1. The third-order valence-electron chi connectivity index (χ3n) is 5.83. The second-order valence-electron chi connectivity index (χ2n) is 7.82. The minimum atomic E-state index is -0.520. The molecule has 1 aliphatic rings. The van der Waals surface area contributed by atoms with Crippen LogP contribution in [0, 0.1) is 0 Å². The summed E-state index contributed by atoms with van der Waals surface area (Å²) in [6, 6.07) is 17.4. The molecule has 0 unspecified atom stereocenters. The summed E-state index contributed by atoms with van der Waals surface area (Å²) in [7, 11) is 4.63. The number of rotatable bonds is 8. The van der Waals surface area contributed by atoms with Crippen LogP contribution in [0.1, 0.15) is 33.9 Å². The highest BCUT2D eigenvalue weighted by molar-refractivity contribution is 6.32. The molecule has 4 rings (SSSR count). The van der Waals surface area contributed by atoms with E-state index in [0.717, 1.165) is 11.1 Å². The van der Waals surface area contributed by atoms with Crippen molar-refractivity contribution in [1.82, 2.24) is 4.90 Å². The molecule has 1 N–H and O–H groups in total. The van der Waals surface area contributed by atoms with E-state index < -0.39 is 6.04 Å². The number of fused-ring (bicyclic) bond motifs is 1. The molecule has 1 aliphatic heterocycles. The number of carbonyl (C=O) groups excluding carboxylic acids is 2. The van der Waals surface area contributed by atoms with Crippen molar-refractivity contribution in [2.24, 2.45) is 0 Å². The molecule has 0 bridgehead atoms. The first-order valence-electron chi connectivity index (χ1n) is 10.7. The smallest absolute Gasteiger partial charge is 0.255 e. The lowest BCUT2D eigenvalue weighted by atomic mass is 10.0. The number of benzene rings is 3. The van der Waals surface area contributed by atoms with Crippen molar-refractivity contribution < 1.29 is 23.8 Å². The van der Waals surface area contributed by atoms with E-state index in [0.29, 0.717) is 40.1 Å². The largest absolute Gasteiger partial charge is 0.495 e. The molecule has 1 atom stereocenters. The highest BCUT2D eigenvalue weighted by atomic mass is 35.5. The molecule has 0 aliphatic carbocycles. The van der Waals surface area contributed by atoms with Gasteiger partial charge in [-0.15, -0.1) is 0 Å². The second-order valence-corrected chi connectivity index (χ2v) is 8.23. The predicted octanol–water partition coefficient (Wildman–Crippen LogP) is 5.09. The zero-order valence-electron chi connectivity index (χ0n) is 19.1. The van der Waals surface area contributed by atoms with Crippen molar-refractivity contribution in [3.63, 3.8) is 0 Å². The number of nitrogens with zero attached hydrogens (tertiary/aromatic N) is 1. The monoisotopic (exact) mass is 480 g/mol. The Morgan fingerprint density at radius 3 is 2.35 bits per heavy atom. The third-order valence-corrected chi connectivity index (χ3v) is 6.13. The summed E-state index contributed by atoms with van der Waals surface area (Å²) < 4.78 is 16.0. The van der Waals surface area contributed by atoms with Crippen LogP contribution in [0.15, 0.2) is 60.7 Å². The quantitative estimate of drug-likeness (QED) is 0.486. The average molecular weight is 481 g/mol. The van der Waals surface area contributed by atoms with Gasteiger partial charge < -0.3 is 24.4 Å². The van der Waals surface area contributed by atoms with Crippen LogP contribution in [0.25, 0.3) is 0 Å². The van der Waals surface area contributed by atoms with E-state index in [1.54, 1.807) is 49.5 Å². The first kappa shape index (κ1) is 23.4. The molecule has 34 heavy (non-hydrogen) atoms. The number of amides is 2. The Labute approximate surface area is 203 Å². The van der Waals surface area contributed by atoms with Gasteiger partial charge >= 0.3 is 0 Å². The molecule has 3 aromatic rings. The molecule has 0 saturated heterocycles. The number of ether oxygens (including phenoxy) is 3. The van der Waals surface area contributed by atoms with Gasteiger partial charge in [0.2, 0.25) is 5.91 Å². The number of methoxy groups -OCH3 is 3. The van der Waals surface area contributed by atoms with Gasteiger partial charge in [-0.2, -0.15) is 0 Å². The van der Waals surface area contributed by atoms with E-state index in [9.17, 15) is 9.59 Å². The molecule has 0 spiro atoms. The Kier molecular flexibility index (Phi) is 6.93. The number of anilines is 1. The molecule has 8 heteroatoms. The number of nitrogens with one attached hydrogen (secondary N) is 1. The minimum absolute atomic E-state index is 0.0405. The van der Waals surface area contributed by atoms with E-state index in [1.165, 1.54) is 7.11 Å². The van der Waals surface area contributed by atoms with Gasteiger partial charge in [0.05, 0.1) is 38.8 Å². The van der Waals surface area contributed by atoms with Crippen LogP contribution in [-0.4, -0.2) is 38.0 Å². The van der Waals surface area contributed by atoms with Crippen LogP contribution in [0.5, 0.6) is 17.2 Å². The maximum atomic E-state index is 13.3. The summed E-state index contributed by atoms with van der Waals surface area (Å²) in [4.78, 5) is 28.1. The Morgan fingerprint density at radius 1 is 0.971 bits per heavy atom. The molecular formula is C26H25ClN2O5. The fraction of sp³-hybridized carbons (Fsp3) is 0.231. The van der Waals surface area contributed by atoms with Crippen molar-refractivity contribution in [1.29, 1.82) is 0 Å². The molecule has 0 fully saturated rings. The first-order chi connectivity index (χ1) is 16.4. The number of halogens is 1. The Bertz CT molecular complexity index is 1230. The van der Waals surface area contributed by atoms with Crippen molar-refractivity contribution in [3.05, 3.63) is 82.4 Å². The SMILES string of the molecule is COc1ccc(NC(=O)C[C@H](c2ccc(OC)c(OC)c2)N2Cc3ccccc3C2=O)cc1Cl. The van der Waals surface area contributed by atoms with E-state index in [-0.39, 0.29) is 18.2 Å². The van der Waals surface area contributed by atoms with Crippen LogP contribution in [0.3, 0.4) is 0 Å². The van der Waals surface area contributed by atoms with Crippen LogP contribution in [0.4, 0.5) is 5.69 Å². The fourth-order valence-corrected chi connectivity index (χ4v) is 4.39. The predicted molar refractivity (Wildman–Crippen MR) is 130 cm³/mol. The van der Waals surface area contributed by atoms with Gasteiger partial charge in [-0.25, -0.2) is 0 Å². The highest BCUT2D eigenvalue weighted by Gasteiger charge is 2.35. The van der Waals surface area contributed by atoms with Gasteiger partial charge in [0, 0.05) is 17.8 Å². The molecule has 3 aromatic carbocycles. The van der Waals surface area contributed by atoms with Crippen molar-refractivity contribution in [2.75, 3.05) is 26.6 Å². The molecule has 1 heterocycles. The minimum Gasteiger partial charge on any atom is -0.495 e. The molecule has 0 radical (unpaired) electrons. The van der Waals surface area contributed by atoms with E-state index in [1.807, 2.05) is 30.3 Å². The van der Waals surface area contributed by atoms with E-state index in [4.69, 9.17) is 25.8 Å². The Balaban J connectivity index is 1.64. The summed E-state index contributed by atoms with van der Waals surface area (Å²) in [5.41, 5.74) is 2.88. The number of hydrogen-bond acceptors (Lipinski definition) is 5. The van der Waals surface area contributed by atoms with E-state index >= 15 is 0 Å². The topological polar surface area (TPSA) is 77.1 Å². The van der Waals surface area contributed by atoms with Crippen LogP contribution < -0.4 is 19.5 Å². The van der Waals surface area contributed by atoms with Crippen LogP contribution in [-0.2, 0) is 11.3 Å². The maximum absolute atomic E-state index is 13.3. The fourth-order valence-electron chi connectivity index (χ4n) is 4.13. The van der Waals surface area contributed by atoms with E-state index in [2.05, 4.69) is 5.32 Å². The van der Waals surface area contributed by atoms with Crippen molar-refractivity contribution >= 4 is 29.1 Å². The average Bonchev–Trinajstić information content (AvgIpc) is 3.18. The standard InChI is InChI=1S/C26H25ClN2O5/c1-32-22-11-9-18(13-20(22)27)28-25(30)14-21(16-8-10-23(33-2)24(12-16)34-3)29-15-17-6-4-5-7-19(17)26(29)31/h4-13,21H,14-15H2,1-3H3,(H,28,30)/t21-/m1/s1. The molecular weight excluding hydrogens is 456 g/mol. The first-order valence-corrected chi connectivity index (χ1v) is 11.1. The molecule has 176 valence electrons. The second kappa shape index (κ2) is 10.1. The summed E-state index contributed by atoms with van der Waals surface area (Å²) in [6.45, 7) is 0.412. The normalized spacial score (nSPS) is 13.3. The number of carbonyl (C=O) groups is 2. The van der Waals surface area contributed by atoms with Crippen molar-refractivity contribution in [3.8, 4) is 17.2 Å². The van der Waals surface area contributed by atoms with Crippen LogP contribution >= 0.6 is 11.6 Å². The van der Waals surface area contributed by atoms with Gasteiger partial charge in [0.1, 0.15) is 5.75 Å². The summed E-state index contributed by atoms with van der Waals surface area (Å²) in [5.74, 6) is 1.23. The van der Waals surface area contributed by atoms with Gasteiger partial charge in [-0.3, -0.25) is 9.59 Å². The third kappa shape index (κ3) is 4.65. The molecule has 0 saturated carbocycles. The molecule has 0 aromatic heterocycles. The Morgan fingerprint density at radius 2 is 1.68 bits per heavy atom. The highest BCUT2D eigenvalue weighted by Crippen LogP contribution is 2.37. The summed E-state index contributed by atoms with van der Waals surface area (Å²) in [6.07, 6.45) is 0.0405. The zero-order chi connectivity index (χ0) is 24.2. The lowest BCUT2D eigenvalue weighted by molar-refractivity contribution is -0.117. The van der Waals surface area contributed by atoms with Crippen molar-refractivity contribution in [2.45, 2.75) is 19.0 Å². The van der Waals surface area contributed by atoms with Gasteiger partial charge in [0.25, 0.3) is 5.91 Å². The van der Waals surface area contributed by atoms with Gasteiger partial charge in [-0.1, -0.05) is 35.9 Å². The Hall–Kier alpha value is -3.71. The summed E-state index contributed by atoms with van der Waals surface area (Å²) in [5, 5.41) is 3.26. The van der Waals surface area contributed by atoms with Gasteiger partial charge in [-0.05, 0) is 47.5 Å². The molecule has 2 amide bonds. The maximum Gasteiger partial charge on any atom is 0.255 e. The summed E-state index contributed by atoms with van der Waals surface area (Å²) >= 11 is 6.20. The van der Waals surface area contributed by atoms with Gasteiger partial charge in [0.15, 0.2) is 11.5 Å². The zero-order valence-corrected chi connectivity index (χ0v) is 19.9. The lowest BCUT2D eigenvalue weighted by Gasteiger charge is -2.28. The lowest BCUT2D eigenvalue weighted by Crippen LogP contribution is -2.32. The molecule has 7 nitrogen and oxygen atoms in total.